The third-order valence-electron chi connectivity index (χ3n) is 2.60. The molecule has 1 atom stereocenters. The Morgan fingerprint density at radius 3 is 2.78 bits per heavy atom. The van der Waals surface area contributed by atoms with E-state index in [4.69, 9.17) is 0 Å². The van der Waals surface area contributed by atoms with Crippen molar-refractivity contribution in [2.45, 2.75) is 39.3 Å². The van der Waals surface area contributed by atoms with Crippen LogP contribution in [0.1, 0.15) is 38.3 Å². The molecule has 0 saturated heterocycles. The van der Waals surface area contributed by atoms with Crippen LogP contribution in [0.25, 0.3) is 0 Å². The normalized spacial score (nSPS) is 12.1. The van der Waals surface area contributed by atoms with Crippen molar-refractivity contribution < 1.29 is 14.7 Å². The van der Waals surface area contributed by atoms with E-state index in [1.54, 1.807) is 10.9 Å². The van der Waals surface area contributed by atoms with Gasteiger partial charge in [-0.25, -0.2) is 4.79 Å². The summed E-state index contributed by atoms with van der Waals surface area (Å²) in [6.07, 6.45) is 5.42. The van der Waals surface area contributed by atoms with Crippen molar-refractivity contribution in [2.75, 3.05) is 6.54 Å². The third kappa shape index (κ3) is 3.32. The van der Waals surface area contributed by atoms with Crippen LogP contribution in [-0.4, -0.2) is 38.7 Å². The Morgan fingerprint density at radius 1 is 1.56 bits per heavy atom. The predicted molar refractivity (Wildman–Crippen MR) is 66.0 cm³/mol. The molecule has 0 aliphatic heterocycles. The Hall–Kier alpha value is -1.85. The van der Waals surface area contributed by atoms with Crippen molar-refractivity contribution in [3.63, 3.8) is 0 Å². The van der Waals surface area contributed by atoms with Crippen molar-refractivity contribution in [3.05, 3.63) is 18.0 Å². The number of carbonyl (C=O) groups is 2. The molecule has 18 heavy (non-hydrogen) atoms. The number of rotatable bonds is 8. The average molecular weight is 253 g/mol. The van der Waals surface area contributed by atoms with Crippen LogP contribution in [0.2, 0.25) is 0 Å². The Kier molecular flexibility index (Phi) is 5.35. The monoisotopic (exact) mass is 253 g/mol. The van der Waals surface area contributed by atoms with Crippen LogP contribution < -0.4 is 0 Å². The summed E-state index contributed by atoms with van der Waals surface area (Å²) in [5.74, 6) is -1.04. The molecule has 6 heteroatoms. The van der Waals surface area contributed by atoms with Crippen LogP contribution in [0, 0.1) is 0 Å². The van der Waals surface area contributed by atoms with Gasteiger partial charge in [-0.05, 0) is 12.8 Å². The van der Waals surface area contributed by atoms with E-state index in [1.807, 2.05) is 13.8 Å². The van der Waals surface area contributed by atoms with Gasteiger partial charge in [-0.2, -0.15) is 5.10 Å². The van der Waals surface area contributed by atoms with Gasteiger partial charge in [-0.1, -0.05) is 13.8 Å². The smallest absolute Gasteiger partial charge is 0.331 e. The van der Waals surface area contributed by atoms with E-state index in [0.29, 0.717) is 24.9 Å². The molecule has 1 unspecified atom stereocenters. The Bertz CT molecular complexity index is 403. The Balaban J connectivity index is 2.95. The highest BCUT2D eigenvalue weighted by Crippen LogP contribution is 2.19. The van der Waals surface area contributed by atoms with Crippen LogP contribution in [0.5, 0.6) is 0 Å². The summed E-state index contributed by atoms with van der Waals surface area (Å²) in [6, 6.07) is -0.951. The molecule has 0 spiro atoms. The number of aryl methyl sites for hydroxylation is 1. The van der Waals surface area contributed by atoms with Crippen LogP contribution in [0.4, 0.5) is 0 Å². The molecule has 0 aliphatic carbocycles. The standard InChI is InChI=1S/C12H19N3O3/c1-3-5-14(9-16)11(12(17)18)10-7-13-15(8-10)6-4-2/h7-9,11H,3-6H2,1-2H3,(H,17,18). The SMILES string of the molecule is CCCN(C=O)C(C(=O)O)c1cnn(CCC)c1. The topological polar surface area (TPSA) is 75.4 Å². The minimum atomic E-state index is -1.04. The fourth-order valence-electron chi connectivity index (χ4n) is 1.85. The molecule has 0 fully saturated rings. The van der Waals surface area contributed by atoms with Crippen LogP contribution in [0.3, 0.4) is 0 Å². The van der Waals surface area contributed by atoms with Crippen LogP contribution in [-0.2, 0) is 16.1 Å². The molecular weight excluding hydrogens is 234 g/mol. The summed E-state index contributed by atoms with van der Waals surface area (Å²) in [6.45, 7) is 5.07. The van der Waals surface area contributed by atoms with Crippen LogP contribution >= 0.6 is 0 Å². The second-order valence-electron chi connectivity index (χ2n) is 4.12. The zero-order valence-electron chi connectivity index (χ0n) is 10.7. The van der Waals surface area contributed by atoms with Crippen molar-refractivity contribution in [1.82, 2.24) is 14.7 Å². The number of hydrogen-bond acceptors (Lipinski definition) is 3. The van der Waals surface area contributed by atoms with E-state index in [2.05, 4.69) is 5.10 Å². The molecule has 0 aliphatic rings. The number of aromatic nitrogens is 2. The lowest BCUT2D eigenvalue weighted by molar-refractivity contribution is -0.146. The molecule has 1 amide bonds. The van der Waals surface area contributed by atoms with E-state index in [0.717, 1.165) is 13.0 Å². The lowest BCUT2D eigenvalue weighted by Crippen LogP contribution is -2.33. The maximum atomic E-state index is 11.3. The Labute approximate surface area is 106 Å². The average Bonchev–Trinajstić information content (AvgIpc) is 2.77. The molecule has 1 N–H and O–H groups in total. The van der Waals surface area contributed by atoms with Crippen molar-refractivity contribution in [3.8, 4) is 0 Å². The van der Waals surface area contributed by atoms with Crippen molar-refractivity contribution in [1.29, 1.82) is 0 Å². The molecule has 1 aromatic heterocycles. The van der Waals surface area contributed by atoms with Crippen LogP contribution in [0.15, 0.2) is 12.4 Å². The first kappa shape index (κ1) is 14.2. The van der Waals surface area contributed by atoms with Crippen molar-refractivity contribution >= 4 is 12.4 Å². The minimum Gasteiger partial charge on any atom is -0.479 e. The summed E-state index contributed by atoms with van der Waals surface area (Å²) < 4.78 is 1.69. The fraction of sp³-hybridized carbons (Fsp3) is 0.583. The lowest BCUT2D eigenvalue weighted by Gasteiger charge is -2.23. The van der Waals surface area contributed by atoms with Gasteiger partial charge in [-0.15, -0.1) is 0 Å². The van der Waals surface area contributed by atoms with Gasteiger partial charge in [0.1, 0.15) is 0 Å². The fourth-order valence-corrected chi connectivity index (χ4v) is 1.85. The molecular formula is C12H19N3O3. The van der Waals surface area contributed by atoms with Gasteiger partial charge in [0.05, 0.1) is 6.20 Å². The number of nitrogens with zero attached hydrogens (tertiary/aromatic N) is 3. The van der Waals surface area contributed by atoms with Gasteiger partial charge >= 0.3 is 5.97 Å². The number of carboxylic acid groups (broad SMARTS) is 1. The highest BCUT2D eigenvalue weighted by atomic mass is 16.4. The van der Waals surface area contributed by atoms with Gasteiger partial charge in [0.25, 0.3) is 0 Å². The molecule has 100 valence electrons. The van der Waals surface area contributed by atoms with Gasteiger partial charge in [0.15, 0.2) is 6.04 Å². The highest BCUT2D eigenvalue weighted by Gasteiger charge is 2.27. The second kappa shape index (κ2) is 6.78. The highest BCUT2D eigenvalue weighted by molar-refractivity contribution is 5.78. The van der Waals surface area contributed by atoms with Gasteiger partial charge in [-0.3, -0.25) is 9.48 Å². The first-order valence-corrected chi connectivity index (χ1v) is 6.10. The lowest BCUT2D eigenvalue weighted by atomic mass is 10.1. The zero-order chi connectivity index (χ0) is 13.5. The predicted octanol–water partition coefficient (Wildman–Crippen LogP) is 1.29. The number of carbonyl (C=O) groups excluding carboxylic acids is 1. The van der Waals surface area contributed by atoms with E-state index in [1.165, 1.54) is 11.1 Å². The molecule has 1 rings (SSSR count). The number of aliphatic carboxylic acids is 1. The van der Waals surface area contributed by atoms with E-state index < -0.39 is 12.0 Å². The summed E-state index contributed by atoms with van der Waals surface area (Å²) in [5, 5.41) is 13.4. The minimum absolute atomic E-state index is 0.416. The van der Waals surface area contributed by atoms with E-state index in [9.17, 15) is 14.7 Å². The quantitative estimate of drug-likeness (QED) is 0.708. The molecule has 6 nitrogen and oxygen atoms in total. The molecule has 0 aromatic carbocycles. The summed E-state index contributed by atoms with van der Waals surface area (Å²) in [4.78, 5) is 23.6. The first-order valence-electron chi connectivity index (χ1n) is 6.10. The molecule has 0 radical (unpaired) electrons. The molecule has 1 aromatic rings. The number of carboxylic acids is 1. The van der Waals surface area contributed by atoms with Gasteiger partial charge in [0, 0.05) is 24.8 Å². The molecule has 0 saturated carbocycles. The first-order chi connectivity index (χ1) is 8.63. The second-order valence-corrected chi connectivity index (χ2v) is 4.12. The number of hydrogen-bond donors (Lipinski definition) is 1. The summed E-state index contributed by atoms with van der Waals surface area (Å²) in [7, 11) is 0. The maximum Gasteiger partial charge on any atom is 0.331 e. The van der Waals surface area contributed by atoms with E-state index >= 15 is 0 Å². The van der Waals surface area contributed by atoms with E-state index in [-0.39, 0.29) is 0 Å². The summed E-state index contributed by atoms with van der Waals surface area (Å²) >= 11 is 0. The third-order valence-corrected chi connectivity index (χ3v) is 2.60. The number of amides is 1. The molecule has 1 heterocycles. The van der Waals surface area contributed by atoms with Gasteiger partial charge in [0.2, 0.25) is 6.41 Å². The van der Waals surface area contributed by atoms with Crippen molar-refractivity contribution in [2.24, 2.45) is 0 Å². The summed E-state index contributed by atoms with van der Waals surface area (Å²) in [5.41, 5.74) is 0.538. The molecule has 0 bridgehead atoms. The largest absolute Gasteiger partial charge is 0.479 e. The van der Waals surface area contributed by atoms with Gasteiger partial charge < -0.3 is 10.0 Å². The zero-order valence-corrected chi connectivity index (χ0v) is 10.7. The maximum absolute atomic E-state index is 11.3. The Morgan fingerprint density at radius 2 is 2.28 bits per heavy atom.